The first-order valence-corrected chi connectivity index (χ1v) is 9.10. The van der Waals surface area contributed by atoms with Crippen LogP contribution in [0.5, 0.6) is 0 Å². The summed E-state index contributed by atoms with van der Waals surface area (Å²) in [6, 6.07) is 19.7. The lowest BCUT2D eigenvalue weighted by Crippen LogP contribution is -2.35. The smallest absolute Gasteiger partial charge is 0.000703 e. The predicted octanol–water partition coefficient (Wildman–Crippen LogP) is 5.58. The molecule has 1 nitrogen and oxygen atoms in total. The van der Waals surface area contributed by atoms with Crippen LogP contribution in [0.4, 0.5) is 0 Å². The first kappa shape index (κ1) is 16.3. The number of benzene rings is 2. The van der Waals surface area contributed by atoms with E-state index in [0.717, 1.165) is 5.92 Å². The second kappa shape index (κ2) is 7.79. The normalized spacial score (nSPS) is 20.3. The second-order valence-corrected chi connectivity index (χ2v) is 7.19. The summed E-state index contributed by atoms with van der Waals surface area (Å²) < 4.78 is 0. The summed E-state index contributed by atoms with van der Waals surface area (Å²) in [6.07, 6.45) is 4.02. The molecule has 1 aliphatic rings. The topological polar surface area (TPSA) is 3.24 Å². The van der Waals surface area contributed by atoms with E-state index < -0.39 is 0 Å². The van der Waals surface area contributed by atoms with Crippen LogP contribution in [-0.2, 0) is 0 Å². The van der Waals surface area contributed by atoms with Crippen LogP contribution in [0.25, 0.3) is 11.1 Å². The van der Waals surface area contributed by atoms with Crippen LogP contribution >= 0.6 is 0 Å². The molecule has 2 atom stereocenters. The van der Waals surface area contributed by atoms with E-state index in [1.54, 1.807) is 0 Å². The third-order valence-corrected chi connectivity index (χ3v) is 5.20. The summed E-state index contributed by atoms with van der Waals surface area (Å²) in [5.74, 6) is 1.47. The number of nitrogens with zero attached hydrogens (tertiary/aromatic N) is 1. The number of rotatable bonds is 5. The average Bonchev–Trinajstić information content (AvgIpc) is 2.60. The van der Waals surface area contributed by atoms with E-state index >= 15 is 0 Å². The van der Waals surface area contributed by atoms with Gasteiger partial charge in [-0.15, -0.1) is 0 Å². The van der Waals surface area contributed by atoms with Gasteiger partial charge in [-0.25, -0.2) is 0 Å². The summed E-state index contributed by atoms with van der Waals surface area (Å²) in [4.78, 5) is 2.66. The van der Waals surface area contributed by atoms with Gasteiger partial charge in [-0.05, 0) is 60.9 Å². The molecule has 2 aromatic rings. The van der Waals surface area contributed by atoms with Crippen LogP contribution in [0.3, 0.4) is 0 Å². The van der Waals surface area contributed by atoms with Gasteiger partial charge >= 0.3 is 0 Å². The zero-order valence-corrected chi connectivity index (χ0v) is 14.5. The molecule has 0 N–H and O–H groups in total. The molecule has 1 saturated heterocycles. The second-order valence-electron chi connectivity index (χ2n) is 7.19. The van der Waals surface area contributed by atoms with Crippen molar-refractivity contribution in [2.75, 3.05) is 19.6 Å². The minimum atomic E-state index is 0.601. The molecule has 1 heterocycles. The van der Waals surface area contributed by atoms with E-state index in [9.17, 15) is 0 Å². The maximum Gasteiger partial charge on any atom is 0.000703 e. The van der Waals surface area contributed by atoms with Crippen LogP contribution in [-0.4, -0.2) is 24.5 Å². The fraction of sp³-hybridized carbons (Fsp3) is 0.455. The molecule has 0 saturated carbocycles. The molecule has 0 aromatic heterocycles. The lowest BCUT2D eigenvalue weighted by atomic mass is 9.89. The van der Waals surface area contributed by atoms with Crippen molar-refractivity contribution in [2.45, 2.75) is 39.0 Å². The Morgan fingerprint density at radius 3 is 2.57 bits per heavy atom. The Morgan fingerprint density at radius 2 is 1.78 bits per heavy atom. The van der Waals surface area contributed by atoms with Crippen LogP contribution in [0.1, 0.15) is 44.6 Å². The molecular weight excluding hydrogens is 278 g/mol. The average molecular weight is 307 g/mol. The van der Waals surface area contributed by atoms with Crippen LogP contribution < -0.4 is 0 Å². The highest BCUT2D eigenvalue weighted by atomic mass is 15.1. The Morgan fingerprint density at radius 1 is 1.04 bits per heavy atom. The van der Waals surface area contributed by atoms with Crippen LogP contribution in [0, 0.1) is 5.92 Å². The molecule has 2 unspecified atom stereocenters. The Labute approximate surface area is 141 Å². The highest BCUT2D eigenvalue weighted by molar-refractivity contribution is 5.67. The SMILES string of the molecule is CC1CCCN(CCC(C)c2ccccc2-c2ccccc2)C1. The van der Waals surface area contributed by atoms with Gasteiger partial charge in [0.25, 0.3) is 0 Å². The van der Waals surface area contributed by atoms with Gasteiger partial charge in [0.1, 0.15) is 0 Å². The first-order chi connectivity index (χ1) is 11.2. The molecule has 3 rings (SSSR count). The highest BCUT2D eigenvalue weighted by Gasteiger charge is 2.18. The molecule has 23 heavy (non-hydrogen) atoms. The van der Waals surface area contributed by atoms with Gasteiger partial charge in [-0.3, -0.25) is 0 Å². The maximum atomic E-state index is 2.66. The van der Waals surface area contributed by atoms with Crippen LogP contribution in [0.15, 0.2) is 54.6 Å². The standard InChI is InChI=1S/C22H29N/c1-18-9-8-15-23(17-18)16-14-19(2)21-12-6-7-13-22(21)20-10-4-3-5-11-20/h3-7,10-13,18-19H,8-9,14-17H2,1-2H3. The van der Waals surface area contributed by atoms with E-state index in [2.05, 4.69) is 73.3 Å². The zero-order chi connectivity index (χ0) is 16.1. The molecular formula is C22H29N. The Balaban J connectivity index is 1.69. The fourth-order valence-electron chi connectivity index (χ4n) is 3.83. The number of likely N-dealkylation sites (tertiary alicyclic amines) is 1. The van der Waals surface area contributed by atoms with Crippen LogP contribution in [0.2, 0.25) is 0 Å². The minimum Gasteiger partial charge on any atom is -0.303 e. The van der Waals surface area contributed by atoms with Gasteiger partial charge in [-0.2, -0.15) is 0 Å². The summed E-state index contributed by atoms with van der Waals surface area (Å²) in [7, 11) is 0. The van der Waals surface area contributed by atoms with Crippen molar-refractivity contribution in [1.29, 1.82) is 0 Å². The summed E-state index contributed by atoms with van der Waals surface area (Å²) >= 11 is 0. The Bertz CT molecular complexity index is 604. The molecule has 2 aromatic carbocycles. The molecule has 0 aliphatic carbocycles. The highest BCUT2D eigenvalue weighted by Crippen LogP contribution is 2.31. The van der Waals surface area contributed by atoms with Crippen molar-refractivity contribution in [3.05, 3.63) is 60.2 Å². The third kappa shape index (κ3) is 4.23. The van der Waals surface area contributed by atoms with Gasteiger partial charge in [0, 0.05) is 6.54 Å². The predicted molar refractivity (Wildman–Crippen MR) is 99.7 cm³/mol. The molecule has 0 amide bonds. The van der Waals surface area contributed by atoms with E-state index in [1.807, 2.05) is 0 Å². The largest absolute Gasteiger partial charge is 0.303 e. The fourth-order valence-corrected chi connectivity index (χ4v) is 3.83. The zero-order valence-electron chi connectivity index (χ0n) is 14.5. The van der Waals surface area contributed by atoms with E-state index in [0.29, 0.717) is 5.92 Å². The molecule has 1 fully saturated rings. The summed E-state index contributed by atoms with van der Waals surface area (Å²) in [5, 5.41) is 0. The van der Waals surface area contributed by atoms with Crippen molar-refractivity contribution < 1.29 is 0 Å². The molecule has 1 heteroatoms. The lowest BCUT2D eigenvalue weighted by Gasteiger charge is -2.31. The number of piperidine rings is 1. The van der Waals surface area contributed by atoms with E-state index in [-0.39, 0.29) is 0 Å². The van der Waals surface area contributed by atoms with E-state index in [1.165, 1.54) is 55.6 Å². The van der Waals surface area contributed by atoms with Crippen molar-refractivity contribution in [2.24, 2.45) is 5.92 Å². The molecule has 122 valence electrons. The molecule has 1 aliphatic heterocycles. The van der Waals surface area contributed by atoms with Crippen molar-refractivity contribution >= 4 is 0 Å². The summed E-state index contributed by atoms with van der Waals surface area (Å²) in [6.45, 7) is 8.58. The number of hydrogen-bond acceptors (Lipinski definition) is 1. The van der Waals surface area contributed by atoms with Gasteiger partial charge in [0.2, 0.25) is 0 Å². The van der Waals surface area contributed by atoms with Crippen molar-refractivity contribution in [3.63, 3.8) is 0 Å². The van der Waals surface area contributed by atoms with Gasteiger partial charge in [0.05, 0.1) is 0 Å². The quantitative estimate of drug-likeness (QED) is 0.697. The minimum absolute atomic E-state index is 0.601. The van der Waals surface area contributed by atoms with Crippen molar-refractivity contribution in [1.82, 2.24) is 4.90 Å². The summed E-state index contributed by atoms with van der Waals surface area (Å²) in [5.41, 5.74) is 4.22. The van der Waals surface area contributed by atoms with Crippen molar-refractivity contribution in [3.8, 4) is 11.1 Å². The number of hydrogen-bond donors (Lipinski definition) is 0. The Kier molecular flexibility index (Phi) is 5.51. The lowest BCUT2D eigenvalue weighted by molar-refractivity contribution is 0.179. The van der Waals surface area contributed by atoms with Gasteiger partial charge in [-0.1, -0.05) is 68.4 Å². The molecule has 0 bridgehead atoms. The van der Waals surface area contributed by atoms with Gasteiger partial charge < -0.3 is 4.90 Å². The molecule has 0 radical (unpaired) electrons. The first-order valence-electron chi connectivity index (χ1n) is 9.10. The Hall–Kier alpha value is -1.60. The maximum absolute atomic E-state index is 2.66. The monoisotopic (exact) mass is 307 g/mol. The van der Waals surface area contributed by atoms with Gasteiger partial charge in [0.15, 0.2) is 0 Å². The third-order valence-electron chi connectivity index (χ3n) is 5.20. The van der Waals surface area contributed by atoms with E-state index in [4.69, 9.17) is 0 Å². The molecule has 0 spiro atoms.